The molecule has 0 heterocycles. The van der Waals surface area contributed by atoms with Gasteiger partial charge in [-0.1, -0.05) is 75.7 Å². The number of nitrogens with one attached hydrogen (secondary N) is 1. The van der Waals surface area contributed by atoms with E-state index in [-0.39, 0.29) is 11.9 Å². The Bertz CT molecular complexity index is 1190. The van der Waals surface area contributed by atoms with Crippen molar-refractivity contribution in [3.05, 3.63) is 84.4 Å². The SMILES string of the molecule is CC(=O)NC(N)=Nc1cccc2ccccc12.NC(=NC(=O)C=Cc1ccccc1)N(F)F. The Morgan fingerprint density at radius 1 is 0.939 bits per heavy atom. The van der Waals surface area contributed by atoms with Crippen LogP contribution in [-0.2, 0) is 9.59 Å². The van der Waals surface area contributed by atoms with Gasteiger partial charge < -0.3 is 11.5 Å². The van der Waals surface area contributed by atoms with Gasteiger partial charge in [-0.25, -0.2) is 4.99 Å². The van der Waals surface area contributed by atoms with Gasteiger partial charge in [0.1, 0.15) is 0 Å². The molecule has 0 aliphatic carbocycles. The molecule has 0 radical (unpaired) electrons. The zero-order chi connectivity index (χ0) is 24.2. The third-order valence-electron chi connectivity index (χ3n) is 3.93. The number of nitrogens with two attached hydrogens (primary N) is 2. The number of nitrogens with zero attached hydrogens (tertiary/aromatic N) is 3. The van der Waals surface area contributed by atoms with Gasteiger partial charge in [-0.3, -0.25) is 14.9 Å². The van der Waals surface area contributed by atoms with Crippen LogP contribution in [0.2, 0.25) is 0 Å². The summed E-state index contributed by atoms with van der Waals surface area (Å²) in [6.07, 6.45) is 2.52. The number of guanidine groups is 2. The molecule has 0 aliphatic rings. The molecule has 3 aromatic rings. The first-order valence-electron chi connectivity index (χ1n) is 9.58. The number of hydrogen-bond donors (Lipinski definition) is 3. The standard InChI is InChI=1S/C13H13N3O.C10H9F2N3O/c1-9(17)15-13(14)16-12-8-4-6-10-5-2-3-7-11(10)12;11-15(12)10(13)14-9(16)7-6-8-4-2-1-3-5-8/h2-8H,1H3,(H3,14,15,16,17);1-7H,(H2,13,14,16). The number of halogens is 2. The van der Waals surface area contributed by atoms with Gasteiger partial charge in [-0.15, -0.1) is 0 Å². The summed E-state index contributed by atoms with van der Waals surface area (Å²) in [7, 11) is 0. The molecule has 0 aromatic heterocycles. The number of carbonyl (C=O) groups excluding carboxylic acids is 2. The molecule has 0 saturated heterocycles. The molecule has 0 aliphatic heterocycles. The fourth-order valence-electron chi connectivity index (χ4n) is 2.56. The summed E-state index contributed by atoms with van der Waals surface area (Å²) < 4.78 is 23.5. The van der Waals surface area contributed by atoms with Crippen molar-refractivity contribution in [1.82, 2.24) is 10.7 Å². The van der Waals surface area contributed by atoms with E-state index in [0.29, 0.717) is 0 Å². The van der Waals surface area contributed by atoms with Crippen molar-refractivity contribution in [2.75, 3.05) is 0 Å². The van der Waals surface area contributed by atoms with E-state index in [0.717, 1.165) is 28.1 Å². The van der Waals surface area contributed by atoms with Crippen LogP contribution in [0.1, 0.15) is 12.5 Å². The molecule has 0 bridgehead atoms. The van der Waals surface area contributed by atoms with E-state index in [9.17, 15) is 18.6 Å². The Hall–Kier alpha value is -4.60. The summed E-state index contributed by atoms with van der Waals surface area (Å²) in [5.41, 5.74) is 11.9. The van der Waals surface area contributed by atoms with E-state index in [1.807, 2.05) is 48.5 Å². The number of aliphatic imine (C=N–C) groups is 2. The lowest BCUT2D eigenvalue weighted by molar-refractivity contribution is -0.117. The fourth-order valence-corrected chi connectivity index (χ4v) is 2.56. The third kappa shape index (κ3) is 8.58. The number of fused-ring (bicyclic) bond motifs is 1. The van der Waals surface area contributed by atoms with Gasteiger partial charge in [0.25, 0.3) is 11.9 Å². The second-order valence-corrected chi connectivity index (χ2v) is 6.46. The molecule has 0 atom stereocenters. The van der Waals surface area contributed by atoms with Crippen LogP contribution in [0.5, 0.6) is 0 Å². The van der Waals surface area contributed by atoms with Gasteiger partial charge in [0, 0.05) is 18.4 Å². The number of benzene rings is 3. The minimum Gasteiger partial charge on any atom is -0.369 e. The highest BCUT2D eigenvalue weighted by Gasteiger charge is 2.05. The second-order valence-electron chi connectivity index (χ2n) is 6.46. The Labute approximate surface area is 188 Å². The molecule has 0 spiro atoms. The van der Waals surface area contributed by atoms with Gasteiger partial charge in [0.15, 0.2) is 0 Å². The van der Waals surface area contributed by atoms with Crippen LogP contribution in [0.15, 0.2) is 88.9 Å². The Balaban J connectivity index is 0.000000234. The molecule has 0 saturated carbocycles. The molecule has 170 valence electrons. The molecule has 10 heteroatoms. The quantitative estimate of drug-likeness (QED) is 0.243. The maximum atomic E-state index is 11.8. The summed E-state index contributed by atoms with van der Waals surface area (Å²) >= 11 is 0. The van der Waals surface area contributed by atoms with Crippen molar-refractivity contribution in [3.63, 3.8) is 0 Å². The van der Waals surface area contributed by atoms with Gasteiger partial charge in [0.05, 0.1) is 5.69 Å². The van der Waals surface area contributed by atoms with Crippen molar-refractivity contribution in [3.8, 4) is 0 Å². The fraction of sp³-hybridized carbons (Fsp3) is 0.0435. The van der Waals surface area contributed by atoms with Crippen LogP contribution >= 0.6 is 0 Å². The summed E-state index contributed by atoms with van der Waals surface area (Å²) in [6, 6.07) is 22.5. The lowest BCUT2D eigenvalue weighted by atomic mass is 10.1. The molecular formula is C23H22F2N6O2. The summed E-state index contributed by atoms with van der Waals surface area (Å²) in [6.45, 7) is 1.39. The van der Waals surface area contributed by atoms with Crippen LogP contribution in [0.25, 0.3) is 16.8 Å². The number of amides is 2. The van der Waals surface area contributed by atoms with E-state index in [1.165, 1.54) is 13.0 Å². The average Bonchev–Trinajstić information content (AvgIpc) is 2.78. The van der Waals surface area contributed by atoms with Crippen molar-refractivity contribution in [2.45, 2.75) is 6.92 Å². The molecule has 5 N–H and O–H groups in total. The Kier molecular flexibility index (Phi) is 9.20. The highest BCUT2D eigenvalue weighted by molar-refractivity contribution is 6.00. The molecule has 0 fully saturated rings. The van der Waals surface area contributed by atoms with Crippen LogP contribution in [0.3, 0.4) is 0 Å². The first kappa shape index (κ1) is 24.7. The Morgan fingerprint density at radius 2 is 1.58 bits per heavy atom. The molecule has 8 nitrogen and oxygen atoms in total. The minimum atomic E-state index is -1.42. The topological polar surface area (TPSA) is 126 Å². The van der Waals surface area contributed by atoms with E-state index in [4.69, 9.17) is 11.5 Å². The zero-order valence-corrected chi connectivity index (χ0v) is 17.7. The largest absolute Gasteiger partial charge is 0.369 e. The summed E-state index contributed by atoms with van der Waals surface area (Å²) in [5, 5.41) is 3.11. The number of carbonyl (C=O) groups is 2. The van der Waals surface area contributed by atoms with Gasteiger partial charge in [-0.05, 0) is 28.4 Å². The van der Waals surface area contributed by atoms with E-state index < -0.39 is 17.2 Å². The van der Waals surface area contributed by atoms with Crippen molar-refractivity contribution in [2.24, 2.45) is 21.5 Å². The molecular weight excluding hydrogens is 430 g/mol. The van der Waals surface area contributed by atoms with Gasteiger partial charge >= 0.3 is 0 Å². The first-order chi connectivity index (χ1) is 15.8. The smallest absolute Gasteiger partial charge is 0.273 e. The van der Waals surface area contributed by atoms with Crippen molar-refractivity contribution < 1.29 is 18.6 Å². The highest BCUT2D eigenvalue weighted by atomic mass is 19.4. The van der Waals surface area contributed by atoms with Crippen LogP contribution in [-0.4, -0.2) is 29.1 Å². The highest BCUT2D eigenvalue weighted by Crippen LogP contribution is 2.25. The van der Waals surface area contributed by atoms with Crippen molar-refractivity contribution >= 4 is 46.3 Å². The molecule has 3 rings (SSSR count). The average molecular weight is 452 g/mol. The van der Waals surface area contributed by atoms with Gasteiger partial charge in [-0.2, -0.15) is 4.99 Å². The lowest BCUT2D eigenvalue weighted by Gasteiger charge is -2.04. The molecule has 3 aromatic carbocycles. The lowest BCUT2D eigenvalue weighted by Crippen LogP contribution is -2.34. The predicted octanol–water partition coefficient (Wildman–Crippen LogP) is 3.53. The summed E-state index contributed by atoms with van der Waals surface area (Å²) in [5.74, 6) is -2.11. The monoisotopic (exact) mass is 452 g/mol. The second kappa shape index (κ2) is 12.3. The zero-order valence-electron chi connectivity index (χ0n) is 17.7. The van der Waals surface area contributed by atoms with E-state index in [2.05, 4.69) is 15.3 Å². The van der Waals surface area contributed by atoms with Gasteiger partial charge in [0.2, 0.25) is 11.9 Å². The molecule has 33 heavy (non-hydrogen) atoms. The number of rotatable bonds is 3. The maximum Gasteiger partial charge on any atom is 0.273 e. The maximum absolute atomic E-state index is 11.8. The first-order valence-corrected chi connectivity index (χ1v) is 9.58. The normalized spacial score (nSPS) is 11.6. The van der Waals surface area contributed by atoms with E-state index in [1.54, 1.807) is 24.3 Å². The third-order valence-corrected chi connectivity index (χ3v) is 3.93. The van der Waals surface area contributed by atoms with E-state index >= 15 is 0 Å². The summed E-state index contributed by atoms with van der Waals surface area (Å²) in [4.78, 5) is 29.0. The van der Waals surface area contributed by atoms with Crippen LogP contribution in [0, 0.1) is 0 Å². The predicted molar refractivity (Wildman–Crippen MR) is 125 cm³/mol. The van der Waals surface area contributed by atoms with Crippen molar-refractivity contribution in [1.29, 1.82) is 0 Å². The minimum absolute atomic E-state index is 0.105. The van der Waals surface area contributed by atoms with Crippen LogP contribution < -0.4 is 16.8 Å². The molecule has 2 amide bonds. The Morgan fingerprint density at radius 3 is 2.24 bits per heavy atom. The number of hydrogen-bond acceptors (Lipinski definition) is 3. The molecule has 0 unspecified atom stereocenters. The van der Waals surface area contributed by atoms with Crippen LogP contribution in [0.4, 0.5) is 14.6 Å².